The molecule has 1 aromatic carbocycles. The van der Waals surface area contributed by atoms with E-state index in [1.165, 1.54) is 0 Å². The number of amides is 1. The zero-order chi connectivity index (χ0) is 25.0. The van der Waals surface area contributed by atoms with Crippen LogP contribution in [0.25, 0.3) is 27.5 Å². The first-order chi connectivity index (χ1) is 16.7. The highest BCUT2D eigenvalue weighted by atomic mass is 32.1. The highest BCUT2D eigenvalue weighted by Crippen LogP contribution is 2.34. The van der Waals surface area contributed by atoms with Gasteiger partial charge in [-0.2, -0.15) is 5.10 Å². The first-order valence-electron chi connectivity index (χ1n) is 11.7. The number of carbonyl (C=O) groups excluding carboxylic acids is 1. The van der Waals surface area contributed by atoms with Gasteiger partial charge in [0.1, 0.15) is 11.4 Å². The second-order valence-corrected chi connectivity index (χ2v) is 10.4. The number of nitrogens with zero attached hydrogens (tertiary/aromatic N) is 5. The number of carbonyl (C=O) groups is 1. The van der Waals surface area contributed by atoms with Crippen molar-refractivity contribution in [2.24, 2.45) is 0 Å². The Balaban J connectivity index is 1.70. The average Bonchev–Trinajstić information content (AvgIpc) is 3.58. The van der Waals surface area contributed by atoms with Gasteiger partial charge in [0.25, 0.3) is 0 Å². The van der Waals surface area contributed by atoms with Crippen molar-refractivity contribution in [1.82, 2.24) is 30.1 Å². The molecule has 0 radical (unpaired) electrons. The lowest BCUT2D eigenvalue weighted by Gasteiger charge is -2.30. The Labute approximate surface area is 209 Å². The fourth-order valence-electron chi connectivity index (χ4n) is 4.05. The molecular weight excluding hydrogens is 460 g/mol. The predicted octanol–water partition coefficient (Wildman–Crippen LogP) is 5.13. The van der Waals surface area contributed by atoms with Crippen LogP contribution in [0.4, 0.5) is 0 Å². The number of para-hydroxylation sites is 1. The molecule has 0 aliphatic heterocycles. The van der Waals surface area contributed by atoms with Crippen LogP contribution in [0.1, 0.15) is 46.6 Å². The Morgan fingerprint density at radius 1 is 1.14 bits per heavy atom. The number of thiophene rings is 1. The van der Waals surface area contributed by atoms with E-state index in [2.05, 4.69) is 21.7 Å². The van der Waals surface area contributed by atoms with E-state index in [1.54, 1.807) is 18.4 Å². The number of hydrogen-bond acceptors (Lipinski definition) is 6. The van der Waals surface area contributed by atoms with Crippen molar-refractivity contribution in [3.63, 3.8) is 0 Å². The van der Waals surface area contributed by atoms with Gasteiger partial charge in [0.15, 0.2) is 0 Å². The predicted molar refractivity (Wildman–Crippen MR) is 139 cm³/mol. The molecule has 3 heterocycles. The molecule has 0 bridgehead atoms. The molecule has 184 valence electrons. The molecule has 8 nitrogen and oxygen atoms in total. The maximum absolute atomic E-state index is 12.0. The summed E-state index contributed by atoms with van der Waals surface area (Å²) in [7, 11) is 1.65. The van der Waals surface area contributed by atoms with Crippen LogP contribution in [-0.2, 0) is 9.53 Å². The smallest absolute Gasteiger partial charge is 0.219 e. The zero-order valence-electron chi connectivity index (χ0n) is 20.8. The van der Waals surface area contributed by atoms with E-state index >= 15 is 0 Å². The maximum atomic E-state index is 12.0. The third kappa shape index (κ3) is 6.04. The number of hydrogen-bond donors (Lipinski definition) is 1. The number of rotatable bonds is 9. The Hall–Kier alpha value is -3.30. The van der Waals surface area contributed by atoms with Gasteiger partial charge in [-0.3, -0.25) is 4.79 Å². The molecule has 0 aliphatic carbocycles. The lowest BCUT2D eigenvalue weighted by atomic mass is 10.0. The number of benzene rings is 1. The maximum Gasteiger partial charge on any atom is 0.219 e. The Morgan fingerprint density at radius 2 is 1.91 bits per heavy atom. The molecule has 3 aromatic heterocycles. The van der Waals surface area contributed by atoms with Crippen molar-refractivity contribution in [3.05, 3.63) is 60.2 Å². The molecule has 35 heavy (non-hydrogen) atoms. The van der Waals surface area contributed by atoms with Crippen molar-refractivity contribution < 1.29 is 9.53 Å². The normalized spacial score (nSPS) is 13.5. The van der Waals surface area contributed by atoms with E-state index < -0.39 is 0 Å². The molecule has 0 spiro atoms. The van der Waals surface area contributed by atoms with Gasteiger partial charge in [-0.15, -0.1) is 16.4 Å². The van der Waals surface area contributed by atoms with Crippen molar-refractivity contribution in [1.29, 1.82) is 0 Å². The molecule has 0 saturated carbocycles. The van der Waals surface area contributed by atoms with Crippen molar-refractivity contribution in [2.45, 2.75) is 58.3 Å². The van der Waals surface area contributed by atoms with Crippen LogP contribution in [-0.4, -0.2) is 49.4 Å². The second kappa shape index (κ2) is 10.5. The largest absolute Gasteiger partial charge is 0.371 e. The minimum Gasteiger partial charge on any atom is -0.371 e. The van der Waals surface area contributed by atoms with Gasteiger partial charge in [-0.05, 0) is 57.7 Å². The van der Waals surface area contributed by atoms with Crippen LogP contribution in [0.5, 0.6) is 0 Å². The van der Waals surface area contributed by atoms with Gasteiger partial charge in [-0.25, -0.2) is 9.36 Å². The van der Waals surface area contributed by atoms with Gasteiger partial charge < -0.3 is 10.1 Å². The summed E-state index contributed by atoms with van der Waals surface area (Å²) in [6, 6.07) is 13.9. The van der Waals surface area contributed by atoms with Gasteiger partial charge in [0.05, 0.1) is 40.1 Å². The third-order valence-electron chi connectivity index (χ3n) is 5.64. The van der Waals surface area contributed by atoms with Crippen molar-refractivity contribution in [2.75, 3.05) is 7.05 Å². The van der Waals surface area contributed by atoms with Gasteiger partial charge in [0, 0.05) is 19.7 Å². The van der Waals surface area contributed by atoms with E-state index in [9.17, 15) is 4.79 Å². The summed E-state index contributed by atoms with van der Waals surface area (Å²) in [5, 5.41) is 18.6. The van der Waals surface area contributed by atoms with E-state index in [-0.39, 0.29) is 23.7 Å². The van der Waals surface area contributed by atoms with Crippen LogP contribution < -0.4 is 5.32 Å². The molecule has 0 unspecified atom stereocenters. The summed E-state index contributed by atoms with van der Waals surface area (Å²) in [4.78, 5) is 13.0. The van der Waals surface area contributed by atoms with E-state index in [4.69, 9.17) is 9.84 Å². The summed E-state index contributed by atoms with van der Waals surface area (Å²) in [6.45, 7) is 8.09. The Kier molecular flexibility index (Phi) is 7.47. The summed E-state index contributed by atoms with van der Waals surface area (Å²) in [5.74, 6) is -0.0117. The first-order valence-corrected chi connectivity index (χ1v) is 12.6. The average molecular weight is 493 g/mol. The monoisotopic (exact) mass is 492 g/mol. The van der Waals surface area contributed by atoms with Crippen molar-refractivity contribution >= 4 is 17.2 Å². The molecule has 9 heteroatoms. The summed E-state index contributed by atoms with van der Waals surface area (Å²) in [6.07, 6.45) is 4.72. The number of ether oxygens (including phenoxy) is 1. The van der Waals surface area contributed by atoms with Crippen LogP contribution >= 0.6 is 11.3 Å². The summed E-state index contributed by atoms with van der Waals surface area (Å²) < 4.78 is 9.94. The third-order valence-corrected chi connectivity index (χ3v) is 6.52. The zero-order valence-corrected chi connectivity index (χ0v) is 21.6. The molecule has 4 rings (SSSR count). The molecule has 2 atom stereocenters. The summed E-state index contributed by atoms with van der Waals surface area (Å²) >= 11 is 1.64. The Bertz CT molecular complexity index is 1240. The fourth-order valence-corrected chi connectivity index (χ4v) is 4.78. The lowest BCUT2D eigenvalue weighted by Crippen LogP contribution is -2.33. The molecular formula is C26H32N6O2S. The minimum absolute atomic E-state index is 0.0117. The molecule has 0 aliphatic rings. The number of aromatic nitrogens is 5. The molecule has 1 amide bonds. The van der Waals surface area contributed by atoms with E-state index in [1.807, 2.05) is 91.2 Å². The molecule has 0 fully saturated rings. The molecule has 0 saturated heterocycles. The van der Waals surface area contributed by atoms with E-state index in [0.717, 1.165) is 27.5 Å². The van der Waals surface area contributed by atoms with E-state index in [0.29, 0.717) is 12.8 Å². The van der Waals surface area contributed by atoms with Gasteiger partial charge in [-0.1, -0.05) is 29.5 Å². The van der Waals surface area contributed by atoms with Gasteiger partial charge in [0.2, 0.25) is 5.91 Å². The minimum atomic E-state index is -0.322. The molecule has 1 N–H and O–H groups in total. The number of nitrogens with one attached hydrogen (secondary N) is 1. The van der Waals surface area contributed by atoms with Gasteiger partial charge >= 0.3 is 0 Å². The summed E-state index contributed by atoms with van der Waals surface area (Å²) in [5.41, 5.74) is 3.13. The Morgan fingerprint density at radius 3 is 2.57 bits per heavy atom. The highest BCUT2D eigenvalue weighted by molar-refractivity contribution is 7.13. The standard InChI is InChI=1S/C26H32N6O2S/c1-18(34-26(2,3)4)22(13-14-24(33)27-5)32-17-21(28-30-32)20-16-31(19-10-7-6-8-11-19)29-25(20)23-12-9-15-35-23/h6-12,15-18,22H,13-14H2,1-5H3,(H,27,33)/t18-,22-/m1/s1. The molecule has 4 aromatic rings. The topological polar surface area (TPSA) is 86.9 Å². The highest BCUT2D eigenvalue weighted by Gasteiger charge is 2.27. The lowest BCUT2D eigenvalue weighted by molar-refractivity contribution is -0.121. The van der Waals surface area contributed by atoms with Crippen LogP contribution in [0.15, 0.2) is 60.2 Å². The van der Waals surface area contributed by atoms with Crippen LogP contribution in [0, 0.1) is 0 Å². The first kappa shape index (κ1) is 24.8. The second-order valence-electron chi connectivity index (χ2n) is 9.45. The quantitative estimate of drug-likeness (QED) is 0.350. The van der Waals surface area contributed by atoms with Crippen molar-refractivity contribution in [3.8, 4) is 27.5 Å². The SMILES string of the molecule is CNC(=O)CC[C@H]([C@@H](C)OC(C)(C)C)n1cc(-c2cn(-c3ccccc3)nc2-c2cccs2)nn1. The van der Waals surface area contributed by atoms with Crippen LogP contribution in [0.2, 0.25) is 0 Å². The van der Waals surface area contributed by atoms with Crippen LogP contribution in [0.3, 0.4) is 0 Å². The fraction of sp³-hybridized carbons (Fsp3) is 0.385.